The molecular formula is C32H42N4O7. The molecule has 11 heteroatoms. The van der Waals surface area contributed by atoms with Gasteiger partial charge in [0.05, 0.1) is 19.1 Å². The lowest BCUT2D eigenvalue weighted by atomic mass is 9.72. The van der Waals surface area contributed by atoms with Gasteiger partial charge in [0.2, 0.25) is 17.7 Å². The number of hydrogen-bond donors (Lipinski definition) is 3. The molecule has 2 aromatic rings. The highest BCUT2D eigenvalue weighted by Crippen LogP contribution is 2.45. The van der Waals surface area contributed by atoms with Crippen LogP contribution in [0, 0.1) is 11.8 Å². The van der Waals surface area contributed by atoms with Crippen molar-refractivity contribution in [2.75, 3.05) is 7.11 Å². The minimum atomic E-state index is -0.974. The minimum Gasteiger partial charge on any atom is -0.467 e. The van der Waals surface area contributed by atoms with Crippen molar-refractivity contribution in [2.45, 2.75) is 77.9 Å². The number of likely N-dealkylation sites (tertiary alicyclic amines) is 1. The van der Waals surface area contributed by atoms with Gasteiger partial charge in [0.25, 0.3) is 0 Å². The summed E-state index contributed by atoms with van der Waals surface area (Å²) in [5.74, 6) is -2.72. The lowest BCUT2D eigenvalue weighted by molar-refractivity contribution is -0.168. The Labute approximate surface area is 252 Å². The zero-order chi connectivity index (χ0) is 31.7. The van der Waals surface area contributed by atoms with E-state index >= 15 is 0 Å². The highest BCUT2D eigenvalue weighted by atomic mass is 16.5. The van der Waals surface area contributed by atoms with Crippen molar-refractivity contribution >= 4 is 29.8 Å². The summed E-state index contributed by atoms with van der Waals surface area (Å²) in [5.41, 5.74) is 1.66. The molecule has 1 saturated heterocycles. The standard InChI is InChI=1S/C32H42N4O7/c1-7-19(2)26(35-32(41)43-18-23-14-10-8-11-15-23)25-27(24-16-12-9-13-17-24)36(30(25)39)22(5)29(38)33-20(3)28(37)34-21(4)31(40)42-6/h8-17,19-22,25-27H,7,18H2,1-6H3,(H,33,38)(H,34,37)(H,35,41)/t19-,20-,21-,22-,25-,26-,27-/m0/s1. The van der Waals surface area contributed by atoms with Gasteiger partial charge in [-0.1, -0.05) is 80.9 Å². The molecule has 1 heterocycles. The predicted octanol–water partition coefficient (Wildman–Crippen LogP) is 3.10. The number of nitrogens with one attached hydrogen (secondary N) is 3. The van der Waals surface area contributed by atoms with E-state index in [0.29, 0.717) is 6.42 Å². The molecule has 7 atom stereocenters. The van der Waals surface area contributed by atoms with E-state index in [-0.39, 0.29) is 18.4 Å². The largest absolute Gasteiger partial charge is 0.467 e. The third-order valence-corrected chi connectivity index (χ3v) is 7.92. The molecular weight excluding hydrogens is 552 g/mol. The SMILES string of the molecule is CC[C@H](C)[C@H](NC(=O)OCc1ccccc1)[C@@H]1C(=O)N([C@@H](C)C(=O)N[C@@H](C)C(=O)N[C@@H](C)C(=O)OC)[C@H]1c1ccccc1. The fraction of sp³-hybridized carbons (Fsp3) is 0.469. The first-order valence-corrected chi connectivity index (χ1v) is 14.5. The number of rotatable bonds is 13. The Morgan fingerprint density at radius 3 is 2.00 bits per heavy atom. The Bertz CT molecular complexity index is 1270. The van der Waals surface area contributed by atoms with Gasteiger partial charge in [-0.3, -0.25) is 14.4 Å². The Kier molecular flexibility index (Phi) is 11.7. The summed E-state index contributed by atoms with van der Waals surface area (Å²) in [5, 5.41) is 8.07. The van der Waals surface area contributed by atoms with E-state index in [9.17, 15) is 24.0 Å². The van der Waals surface area contributed by atoms with Crippen LogP contribution in [-0.4, -0.2) is 66.0 Å². The second kappa shape index (κ2) is 15.2. The monoisotopic (exact) mass is 594 g/mol. The van der Waals surface area contributed by atoms with Gasteiger partial charge in [0, 0.05) is 6.04 Å². The molecule has 0 saturated carbocycles. The van der Waals surface area contributed by atoms with Gasteiger partial charge in [-0.25, -0.2) is 9.59 Å². The second-order valence-electron chi connectivity index (χ2n) is 10.9. The molecule has 1 fully saturated rings. The zero-order valence-electron chi connectivity index (χ0n) is 25.5. The number of nitrogens with zero attached hydrogens (tertiary/aromatic N) is 1. The first-order chi connectivity index (χ1) is 20.5. The Hall–Kier alpha value is -4.41. The summed E-state index contributed by atoms with van der Waals surface area (Å²) in [6.07, 6.45) is 0.0701. The van der Waals surface area contributed by atoms with Gasteiger partial charge in [-0.05, 0) is 37.8 Å². The van der Waals surface area contributed by atoms with Gasteiger partial charge in [0.1, 0.15) is 24.7 Å². The van der Waals surface area contributed by atoms with E-state index in [0.717, 1.165) is 11.1 Å². The quantitative estimate of drug-likeness (QED) is 0.239. The molecule has 11 nitrogen and oxygen atoms in total. The van der Waals surface area contributed by atoms with Gasteiger partial charge < -0.3 is 30.3 Å². The second-order valence-corrected chi connectivity index (χ2v) is 10.9. The maximum atomic E-state index is 13.8. The van der Waals surface area contributed by atoms with Crippen molar-refractivity contribution in [1.29, 1.82) is 0 Å². The van der Waals surface area contributed by atoms with Crippen LogP contribution in [0.5, 0.6) is 0 Å². The summed E-state index contributed by atoms with van der Waals surface area (Å²) in [7, 11) is 1.22. The zero-order valence-corrected chi connectivity index (χ0v) is 25.5. The number of hydrogen-bond acceptors (Lipinski definition) is 7. The van der Waals surface area contributed by atoms with Crippen LogP contribution < -0.4 is 16.0 Å². The number of carbonyl (C=O) groups excluding carboxylic acids is 5. The maximum absolute atomic E-state index is 13.8. The number of ether oxygens (including phenoxy) is 2. The lowest BCUT2D eigenvalue weighted by Crippen LogP contribution is -2.68. The highest BCUT2D eigenvalue weighted by molar-refractivity contribution is 5.96. The van der Waals surface area contributed by atoms with Gasteiger partial charge in [-0.15, -0.1) is 0 Å². The number of β-lactam (4-membered cyclic amide) rings is 1. The van der Waals surface area contributed by atoms with E-state index < -0.39 is 60.0 Å². The average molecular weight is 595 g/mol. The van der Waals surface area contributed by atoms with Crippen LogP contribution in [0.3, 0.4) is 0 Å². The molecule has 1 aliphatic rings. The number of esters is 1. The number of alkyl carbamates (subject to hydrolysis) is 1. The van der Waals surface area contributed by atoms with Crippen molar-refractivity contribution in [3.63, 3.8) is 0 Å². The first kappa shape index (κ1) is 33.1. The fourth-order valence-electron chi connectivity index (χ4n) is 5.18. The maximum Gasteiger partial charge on any atom is 0.407 e. The van der Waals surface area contributed by atoms with Crippen LogP contribution in [0.15, 0.2) is 60.7 Å². The third-order valence-electron chi connectivity index (χ3n) is 7.92. The predicted molar refractivity (Wildman–Crippen MR) is 159 cm³/mol. The fourth-order valence-corrected chi connectivity index (χ4v) is 5.18. The molecule has 3 rings (SSSR count). The Morgan fingerprint density at radius 1 is 0.837 bits per heavy atom. The van der Waals surface area contributed by atoms with Crippen molar-refractivity contribution in [2.24, 2.45) is 11.8 Å². The summed E-state index contributed by atoms with van der Waals surface area (Å²) in [6, 6.07) is 14.8. The van der Waals surface area contributed by atoms with Crippen LogP contribution in [0.2, 0.25) is 0 Å². The molecule has 3 N–H and O–H groups in total. The van der Waals surface area contributed by atoms with E-state index in [2.05, 4.69) is 20.7 Å². The normalized spacial score (nSPS) is 19.5. The number of amides is 4. The van der Waals surface area contributed by atoms with Crippen LogP contribution in [0.4, 0.5) is 4.79 Å². The molecule has 0 aromatic heterocycles. The molecule has 43 heavy (non-hydrogen) atoms. The summed E-state index contributed by atoms with van der Waals surface area (Å²) in [6.45, 7) is 8.60. The van der Waals surface area contributed by atoms with Crippen molar-refractivity contribution in [1.82, 2.24) is 20.9 Å². The van der Waals surface area contributed by atoms with E-state index in [1.165, 1.54) is 25.9 Å². The van der Waals surface area contributed by atoms with E-state index in [1.807, 2.05) is 74.5 Å². The number of benzene rings is 2. The molecule has 0 spiro atoms. The van der Waals surface area contributed by atoms with E-state index in [4.69, 9.17) is 4.74 Å². The summed E-state index contributed by atoms with van der Waals surface area (Å²) >= 11 is 0. The number of carbonyl (C=O) groups is 5. The smallest absolute Gasteiger partial charge is 0.407 e. The van der Waals surface area contributed by atoms with Gasteiger partial charge in [-0.2, -0.15) is 0 Å². The molecule has 4 amide bonds. The minimum absolute atomic E-state index is 0.0729. The topological polar surface area (TPSA) is 143 Å². The molecule has 0 unspecified atom stereocenters. The van der Waals surface area contributed by atoms with E-state index in [1.54, 1.807) is 6.92 Å². The molecule has 0 aliphatic carbocycles. The van der Waals surface area contributed by atoms with Crippen LogP contribution in [0.25, 0.3) is 0 Å². The summed E-state index contributed by atoms with van der Waals surface area (Å²) in [4.78, 5) is 65.7. The molecule has 232 valence electrons. The molecule has 2 aromatic carbocycles. The summed E-state index contributed by atoms with van der Waals surface area (Å²) < 4.78 is 10.1. The number of methoxy groups -OCH3 is 1. The molecule has 0 bridgehead atoms. The van der Waals surface area contributed by atoms with Crippen LogP contribution in [0.1, 0.15) is 58.2 Å². The van der Waals surface area contributed by atoms with Crippen LogP contribution >= 0.6 is 0 Å². The van der Waals surface area contributed by atoms with Crippen molar-refractivity contribution in [3.8, 4) is 0 Å². The Balaban J connectivity index is 1.77. The molecule has 0 radical (unpaired) electrons. The highest BCUT2D eigenvalue weighted by Gasteiger charge is 2.55. The first-order valence-electron chi connectivity index (χ1n) is 14.5. The Morgan fingerprint density at radius 2 is 1.42 bits per heavy atom. The van der Waals surface area contributed by atoms with Gasteiger partial charge in [0.15, 0.2) is 0 Å². The average Bonchev–Trinajstić information content (AvgIpc) is 3.01. The van der Waals surface area contributed by atoms with Crippen molar-refractivity contribution in [3.05, 3.63) is 71.8 Å². The molecule has 1 aliphatic heterocycles. The van der Waals surface area contributed by atoms with Gasteiger partial charge >= 0.3 is 12.1 Å². The third kappa shape index (κ3) is 8.12. The van der Waals surface area contributed by atoms with Crippen LogP contribution in [-0.2, 0) is 35.3 Å². The van der Waals surface area contributed by atoms with Crippen molar-refractivity contribution < 1.29 is 33.4 Å². The lowest BCUT2D eigenvalue weighted by Gasteiger charge is -2.53.